The van der Waals surface area contributed by atoms with E-state index in [1.165, 1.54) is 38.5 Å². The van der Waals surface area contributed by atoms with Gasteiger partial charge in [-0.3, -0.25) is 4.79 Å². The number of ether oxygens (including phenoxy) is 2. The van der Waals surface area contributed by atoms with Crippen LogP contribution in [0, 0.1) is 0 Å². The second kappa shape index (κ2) is 13.2. The average molecular weight is 306 g/mol. The molecule has 0 saturated carbocycles. The molecule has 1 aromatic carbocycles. The van der Waals surface area contributed by atoms with Crippen LogP contribution in [-0.4, -0.2) is 19.2 Å². The molecule has 0 unspecified atom stereocenters. The van der Waals surface area contributed by atoms with Gasteiger partial charge in [-0.05, 0) is 18.6 Å². The van der Waals surface area contributed by atoms with Crippen LogP contribution in [0.4, 0.5) is 0 Å². The van der Waals surface area contributed by atoms with Crippen LogP contribution in [0.25, 0.3) is 0 Å². The van der Waals surface area contributed by atoms with Crippen molar-refractivity contribution in [3.8, 4) is 5.75 Å². The number of rotatable bonds is 13. The fraction of sp³-hybridized carbons (Fsp3) is 0.632. The van der Waals surface area contributed by atoms with Gasteiger partial charge in [-0.2, -0.15) is 0 Å². The zero-order valence-electron chi connectivity index (χ0n) is 13.9. The third-order valence-corrected chi connectivity index (χ3v) is 3.59. The molecule has 3 nitrogen and oxygen atoms in total. The molecule has 0 spiro atoms. The van der Waals surface area contributed by atoms with E-state index >= 15 is 0 Å². The molecule has 0 saturated heterocycles. The van der Waals surface area contributed by atoms with Gasteiger partial charge in [-0.15, -0.1) is 0 Å². The van der Waals surface area contributed by atoms with Crippen LogP contribution in [0.1, 0.15) is 64.7 Å². The van der Waals surface area contributed by atoms with Gasteiger partial charge in [-0.1, -0.05) is 70.1 Å². The summed E-state index contributed by atoms with van der Waals surface area (Å²) in [6.45, 7) is 2.97. The fourth-order valence-electron chi connectivity index (χ4n) is 2.31. The van der Waals surface area contributed by atoms with E-state index in [4.69, 9.17) is 9.47 Å². The SMILES string of the molecule is CCCCCCCCCCC(=O)OCCOc1ccccc1. The highest BCUT2D eigenvalue weighted by Gasteiger charge is 2.02. The van der Waals surface area contributed by atoms with E-state index in [2.05, 4.69) is 6.92 Å². The lowest BCUT2D eigenvalue weighted by Gasteiger charge is -2.07. The predicted molar refractivity (Wildman–Crippen MR) is 90.1 cm³/mol. The van der Waals surface area contributed by atoms with Crippen LogP contribution in [0.3, 0.4) is 0 Å². The predicted octanol–water partition coefficient (Wildman–Crippen LogP) is 5.14. The summed E-state index contributed by atoms with van der Waals surface area (Å²) < 4.78 is 10.6. The van der Waals surface area contributed by atoms with Gasteiger partial charge in [0, 0.05) is 6.42 Å². The first kappa shape index (κ1) is 18.5. The number of hydrogen-bond donors (Lipinski definition) is 0. The lowest BCUT2D eigenvalue weighted by molar-refractivity contribution is -0.144. The van der Waals surface area contributed by atoms with E-state index in [9.17, 15) is 4.79 Å². The second-order valence-electron chi connectivity index (χ2n) is 5.61. The number of carbonyl (C=O) groups is 1. The molecule has 0 heterocycles. The minimum absolute atomic E-state index is 0.109. The van der Waals surface area contributed by atoms with Gasteiger partial charge in [-0.25, -0.2) is 0 Å². The molecule has 0 amide bonds. The molecule has 0 bridgehead atoms. The smallest absolute Gasteiger partial charge is 0.305 e. The van der Waals surface area contributed by atoms with E-state index in [0.717, 1.165) is 18.6 Å². The van der Waals surface area contributed by atoms with Crippen LogP contribution in [0.15, 0.2) is 30.3 Å². The van der Waals surface area contributed by atoms with Gasteiger partial charge in [0.05, 0.1) is 0 Å². The molecule has 0 atom stereocenters. The maximum absolute atomic E-state index is 11.6. The van der Waals surface area contributed by atoms with Gasteiger partial charge in [0.25, 0.3) is 0 Å². The van der Waals surface area contributed by atoms with Crippen molar-refractivity contribution in [2.75, 3.05) is 13.2 Å². The zero-order chi connectivity index (χ0) is 15.9. The third kappa shape index (κ3) is 10.3. The molecule has 0 radical (unpaired) electrons. The van der Waals surface area contributed by atoms with E-state index in [1.807, 2.05) is 30.3 Å². The Labute approximate surface area is 135 Å². The Hall–Kier alpha value is -1.51. The van der Waals surface area contributed by atoms with Crippen LogP contribution in [0.5, 0.6) is 5.75 Å². The van der Waals surface area contributed by atoms with Gasteiger partial charge in [0.15, 0.2) is 0 Å². The Morgan fingerprint density at radius 2 is 1.50 bits per heavy atom. The van der Waals surface area contributed by atoms with Gasteiger partial charge in [0.1, 0.15) is 19.0 Å². The first-order valence-corrected chi connectivity index (χ1v) is 8.66. The number of esters is 1. The summed E-state index contributed by atoms with van der Waals surface area (Å²) in [6.07, 6.45) is 10.4. The molecule has 0 aliphatic rings. The monoisotopic (exact) mass is 306 g/mol. The second-order valence-corrected chi connectivity index (χ2v) is 5.61. The highest BCUT2D eigenvalue weighted by Crippen LogP contribution is 2.10. The van der Waals surface area contributed by atoms with Crippen LogP contribution < -0.4 is 4.74 Å². The highest BCUT2D eigenvalue weighted by molar-refractivity contribution is 5.69. The van der Waals surface area contributed by atoms with Gasteiger partial charge in [0.2, 0.25) is 0 Å². The van der Waals surface area contributed by atoms with Crippen molar-refractivity contribution in [1.29, 1.82) is 0 Å². The summed E-state index contributed by atoms with van der Waals surface area (Å²) in [5.41, 5.74) is 0. The van der Waals surface area contributed by atoms with Crippen molar-refractivity contribution in [2.24, 2.45) is 0 Å². The first-order chi connectivity index (χ1) is 10.8. The minimum atomic E-state index is -0.109. The topological polar surface area (TPSA) is 35.5 Å². The van der Waals surface area contributed by atoms with E-state index in [1.54, 1.807) is 0 Å². The quantitative estimate of drug-likeness (QED) is 0.374. The molecular formula is C19H30O3. The molecule has 0 fully saturated rings. The number of hydrogen-bond acceptors (Lipinski definition) is 3. The molecule has 0 aliphatic carbocycles. The van der Waals surface area contributed by atoms with Gasteiger partial charge >= 0.3 is 5.97 Å². The average Bonchev–Trinajstić information content (AvgIpc) is 2.55. The number of unbranched alkanes of at least 4 members (excludes halogenated alkanes) is 7. The van der Waals surface area contributed by atoms with Crippen molar-refractivity contribution in [3.63, 3.8) is 0 Å². The van der Waals surface area contributed by atoms with Crippen LogP contribution in [0.2, 0.25) is 0 Å². The van der Waals surface area contributed by atoms with Crippen molar-refractivity contribution >= 4 is 5.97 Å². The summed E-state index contributed by atoms with van der Waals surface area (Å²) in [5, 5.41) is 0. The Morgan fingerprint density at radius 1 is 0.864 bits per heavy atom. The molecule has 22 heavy (non-hydrogen) atoms. The van der Waals surface area contributed by atoms with E-state index in [0.29, 0.717) is 19.6 Å². The lowest BCUT2D eigenvalue weighted by atomic mass is 10.1. The molecule has 0 N–H and O–H groups in total. The molecule has 3 heteroatoms. The third-order valence-electron chi connectivity index (χ3n) is 3.59. The molecule has 0 aromatic heterocycles. The number of para-hydroxylation sites is 1. The molecule has 1 aromatic rings. The summed E-state index contributed by atoms with van der Waals surface area (Å²) in [4.78, 5) is 11.6. The summed E-state index contributed by atoms with van der Waals surface area (Å²) in [7, 11) is 0. The largest absolute Gasteiger partial charge is 0.490 e. The molecule has 124 valence electrons. The summed E-state index contributed by atoms with van der Waals surface area (Å²) in [5.74, 6) is 0.698. The standard InChI is InChI=1S/C19H30O3/c1-2-3-4-5-6-7-8-12-15-19(20)22-17-16-21-18-13-10-9-11-14-18/h9-11,13-14H,2-8,12,15-17H2,1H3. The molecule has 1 rings (SSSR count). The Bertz CT molecular complexity index is 376. The Kier molecular flexibility index (Phi) is 11.1. The van der Waals surface area contributed by atoms with Crippen LogP contribution in [-0.2, 0) is 9.53 Å². The first-order valence-electron chi connectivity index (χ1n) is 8.66. The highest BCUT2D eigenvalue weighted by atomic mass is 16.6. The number of carbonyl (C=O) groups excluding carboxylic acids is 1. The Balaban J connectivity index is 1.87. The van der Waals surface area contributed by atoms with Crippen LogP contribution >= 0.6 is 0 Å². The van der Waals surface area contributed by atoms with E-state index in [-0.39, 0.29) is 5.97 Å². The minimum Gasteiger partial charge on any atom is -0.490 e. The summed E-state index contributed by atoms with van der Waals surface area (Å²) in [6, 6.07) is 9.56. The Morgan fingerprint density at radius 3 is 2.18 bits per heavy atom. The normalized spacial score (nSPS) is 10.4. The maximum Gasteiger partial charge on any atom is 0.305 e. The molecular weight excluding hydrogens is 276 g/mol. The van der Waals surface area contributed by atoms with Crippen molar-refractivity contribution in [3.05, 3.63) is 30.3 Å². The fourth-order valence-corrected chi connectivity index (χ4v) is 2.31. The number of benzene rings is 1. The maximum atomic E-state index is 11.6. The lowest BCUT2D eigenvalue weighted by Crippen LogP contribution is -2.11. The van der Waals surface area contributed by atoms with Crippen molar-refractivity contribution in [2.45, 2.75) is 64.7 Å². The zero-order valence-corrected chi connectivity index (χ0v) is 13.9. The van der Waals surface area contributed by atoms with Crippen molar-refractivity contribution in [1.82, 2.24) is 0 Å². The van der Waals surface area contributed by atoms with E-state index < -0.39 is 0 Å². The van der Waals surface area contributed by atoms with Crippen molar-refractivity contribution < 1.29 is 14.3 Å². The van der Waals surface area contributed by atoms with Gasteiger partial charge < -0.3 is 9.47 Å². The molecule has 0 aliphatic heterocycles. The summed E-state index contributed by atoms with van der Waals surface area (Å²) >= 11 is 0.